The van der Waals surface area contributed by atoms with Gasteiger partial charge in [0.2, 0.25) is 5.75 Å². The van der Waals surface area contributed by atoms with Crippen LogP contribution in [0.15, 0.2) is 36.4 Å². The molecule has 0 spiro atoms. The Hall–Kier alpha value is -2.48. The van der Waals surface area contributed by atoms with Gasteiger partial charge in [-0.2, -0.15) is 0 Å². The van der Waals surface area contributed by atoms with E-state index in [9.17, 15) is 4.79 Å². The average molecular weight is 533 g/mol. The van der Waals surface area contributed by atoms with Crippen LogP contribution in [0.4, 0.5) is 0 Å². The molecular formula is C29H41ClN2O5. The summed E-state index contributed by atoms with van der Waals surface area (Å²) in [7, 11) is 3.30. The normalized spacial score (nSPS) is 14.4. The molecule has 1 aliphatic heterocycles. The van der Waals surface area contributed by atoms with Gasteiger partial charge in [-0.15, -0.1) is 0 Å². The third-order valence-corrected chi connectivity index (χ3v) is 6.84. The molecule has 0 aliphatic carbocycles. The highest BCUT2D eigenvalue weighted by Gasteiger charge is 2.22. The van der Waals surface area contributed by atoms with Gasteiger partial charge in [0.05, 0.1) is 27.4 Å². The van der Waals surface area contributed by atoms with Crippen molar-refractivity contribution in [1.82, 2.24) is 9.80 Å². The van der Waals surface area contributed by atoms with Gasteiger partial charge < -0.3 is 18.9 Å². The molecule has 0 atom stereocenters. The third-order valence-electron chi connectivity index (χ3n) is 6.59. The number of unbranched alkanes of at least 4 members (excludes halogenated alkanes) is 3. The van der Waals surface area contributed by atoms with E-state index in [0.717, 1.165) is 81.3 Å². The Morgan fingerprint density at radius 3 is 2.16 bits per heavy atom. The number of esters is 1. The van der Waals surface area contributed by atoms with Gasteiger partial charge in [0.15, 0.2) is 11.5 Å². The van der Waals surface area contributed by atoms with Crippen LogP contribution in [-0.2, 0) is 22.6 Å². The van der Waals surface area contributed by atoms with E-state index in [0.29, 0.717) is 31.1 Å². The summed E-state index contributed by atoms with van der Waals surface area (Å²) in [6.07, 6.45) is 4.21. The van der Waals surface area contributed by atoms with Crippen molar-refractivity contribution in [1.29, 1.82) is 0 Å². The van der Waals surface area contributed by atoms with E-state index in [2.05, 4.69) is 28.0 Å². The summed E-state index contributed by atoms with van der Waals surface area (Å²) >= 11 is 6.02. The predicted molar refractivity (Wildman–Crippen MR) is 147 cm³/mol. The van der Waals surface area contributed by atoms with Crippen LogP contribution >= 0.6 is 11.6 Å². The SMILES string of the molecule is CCOC(=O)CCCCCCOc1c(CN2CCN(Cc3ccc(Cl)cc3)CC2)ccc(OC)c1OC. The highest BCUT2D eigenvalue weighted by atomic mass is 35.5. The number of hydrogen-bond acceptors (Lipinski definition) is 7. The molecule has 2 aromatic rings. The number of nitrogens with zero attached hydrogens (tertiary/aromatic N) is 2. The van der Waals surface area contributed by atoms with Crippen LogP contribution < -0.4 is 14.2 Å². The fourth-order valence-electron chi connectivity index (χ4n) is 4.55. The molecule has 3 rings (SSSR count). The maximum absolute atomic E-state index is 11.5. The van der Waals surface area contributed by atoms with Crippen molar-refractivity contribution in [2.24, 2.45) is 0 Å². The fourth-order valence-corrected chi connectivity index (χ4v) is 4.67. The lowest BCUT2D eigenvalue weighted by molar-refractivity contribution is -0.143. The minimum absolute atomic E-state index is 0.115. The lowest BCUT2D eigenvalue weighted by atomic mass is 10.1. The first kappa shape index (κ1) is 29.1. The standard InChI is InChI=1S/C29H41ClN2O5/c1-4-36-27(33)9-7-5-6-8-20-37-28-24(12-15-26(34-2)29(28)35-3)22-32-18-16-31(17-19-32)21-23-10-13-25(30)14-11-23/h10-15H,4-9,16-22H2,1-3H3. The first-order valence-corrected chi connectivity index (χ1v) is 13.6. The Kier molecular flexibility index (Phi) is 12.3. The van der Waals surface area contributed by atoms with Crippen molar-refractivity contribution < 1.29 is 23.7 Å². The molecule has 7 nitrogen and oxygen atoms in total. The second kappa shape index (κ2) is 15.7. The number of carbonyl (C=O) groups excluding carboxylic acids is 1. The molecule has 8 heteroatoms. The molecule has 0 N–H and O–H groups in total. The summed E-state index contributed by atoms with van der Waals surface area (Å²) in [5.41, 5.74) is 2.39. The summed E-state index contributed by atoms with van der Waals surface area (Å²) in [5, 5.41) is 0.774. The molecular weight excluding hydrogens is 492 g/mol. The Labute approximate surface area is 226 Å². The third kappa shape index (κ3) is 9.40. The number of piperazine rings is 1. The van der Waals surface area contributed by atoms with Crippen molar-refractivity contribution in [3.8, 4) is 17.2 Å². The van der Waals surface area contributed by atoms with Gasteiger partial charge in [-0.05, 0) is 43.5 Å². The molecule has 37 heavy (non-hydrogen) atoms. The fraction of sp³-hybridized carbons (Fsp3) is 0.552. The summed E-state index contributed by atoms with van der Waals surface area (Å²) in [6.45, 7) is 8.60. The number of benzene rings is 2. The van der Waals surface area contributed by atoms with Crippen molar-refractivity contribution in [3.63, 3.8) is 0 Å². The maximum Gasteiger partial charge on any atom is 0.305 e. The Morgan fingerprint density at radius 1 is 0.838 bits per heavy atom. The van der Waals surface area contributed by atoms with Crippen molar-refractivity contribution in [2.75, 3.05) is 53.6 Å². The molecule has 1 saturated heterocycles. The lowest BCUT2D eigenvalue weighted by Crippen LogP contribution is -2.45. The van der Waals surface area contributed by atoms with E-state index in [4.69, 9.17) is 30.5 Å². The van der Waals surface area contributed by atoms with Crippen LogP contribution in [0.2, 0.25) is 5.02 Å². The minimum atomic E-state index is -0.115. The van der Waals surface area contributed by atoms with Gasteiger partial charge >= 0.3 is 5.97 Å². The van der Waals surface area contributed by atoms with Gasteiger partial charge in [-0.25, -0.2) is 0 Å². The van der Waals surface area contributed by atoms with Gasteiger partial charge in [0.25, 0.3) is 0 Å². The Balaban J connectivity index is 1.51. The quantitative estimate of drug-likeness (QED) is 0.219. The number of carbonyl (C=O) groups is 1. The van der Waals surface area contributed by atoms with E-state index in [-0.39, 0.29) is 5.97 Å². The number of methoxy groups -OCH3 is 2. The summed E-state index contributed by atoms with van der Waals surface area (Å²) in [4.78, 5) is 16.4. The smallest absolute Gasteiger partial charge is 0.305 e. The van der Waals surface area contributed by atoms with Crippen LogP contribution in [0.1, 0.15) is 50.2 Å². The molecule has 0 aromatic heterocycles. The van der Waals surface area contributed by atoms with Crippen LogP contribution in [0.3, 0.4) is 0 Å². The van der Waals surface area contributed by atoms with Gasteiger partial charge in [0, 0.05) is 56.3 Å². The number of rotatable bonds is 15. The predicted octanol–water partition coefficient (Wildman–Crippen LogP) is 5.57. The minimum Gasteiger partial charge on any atom is -0.493 e. The van der Waals surface area contributed by atoms with E-state index >= 15 is 0 Å². The zero-order valence-electron chi connectivity index (χ0n) is 22.5. The number of hydrogen-bond donors (Lipinski definition) is 0. The molecule has 0 bridgehead atoms. The zero-order chi connectivity index (χ0) is 26.5. The molecule has 1 aliphatic rings. The first-order chi connectivity index (χ1) is 18.0. The van der Waals surface area contributed by atoms with E-state index in [1.54, 1.807) is 14.2 Å². The molecule has 2 aromatic carbocycles. The van der Waals surface area contributed by atoms with Gasteiger partial charge in [0.1, 0.15) is 0 Å². The number of ether oxygens (including phenoxy) is 4. The zero-order valence-corrected chi connectivity index (χ0v) is 23.2. The summed E-state index contributed by atoms with van der Waals surface area (Å²) < 4.78 is 22.5. The molecule has 0 amide bonds. The van der Waals surface area contributed by atoms with Crippen molar-refractivity contribution in [3.05, 3.63) is 52.5 Å². The monoisotopic (exact) mass is 532 g/mol. The number of halogens is 1. The van der Waals surface area contributed by atoms with E-state index in [1.807, 2.05) is 25.1 Å². The van der Waals surface area contributed by atoms with Crippen molar-refractivity contribution in [2.45, 2.75) is 52.1 Å². The van der Waals surface area contributed by atoms with Crippen LogP contribution in [0.25, 0.3) is 0 Å². The second-order valence-electron chi connectivity index (χ2n) is 9.29. The molecule has 1 fully saturated rings. The lowest BCUT2D eigenvalue weighted by Gasteiger charge is -2.35. The molecule has 0 radical (unpaired) electrons. The van der Waals surface area contributed by atoms with E-state index in [1.165, 1.54) is 5.56 Å². The molecule has 0 unspecified atom stereocenters. The highest BCUT2D eigenvalue weighted by Crippen LogP contribution is 2.40. The van der Waals surface area contributed by atoms with Gasteiger partial charge in [-0.1, -0.05) is 42.6 Å². The Morgan fingerprint density at radius 2 is 1.51 bits per heavy atom. The second-order valence-corrected chi connectivity index (χ2v) is 9.72. The summed E-state index contributed by atoms with van der Waals surface area (Å²) in [5.74, 6) is 1.96. The van der Waals surface area contributed by atoms with Crippen LogP contribution in [0, 0.1) is 0 Å². The van der Waals surface area contributed by atoms with Crippen LogP contribution in [0.5, 0.6) is 17.2 Å². The molecule has 1 heterocycles. The first-order valence-electron chi connectivity index (χ1n) is 13.3. The van der Waals surface area contributed by atoms with Crippen LogP contribution in [-0.4, -0.2) is 69.4 Å². The van der Waals surface area contributed by atoms with E-state index < -0.39 is 0 Å². The molecule has 0 saturated carbocycles. The Bertz CT molecular complexity index is 962. The topological polar surface area (TPSA) is 60.5 Å². The maximum atomic E-state index is 11.5. The largest absolute Gasteiger partial charge is 0.493 e. The highest BCUT2D eigenvalue weighted by molar-refractivity contribution is 6.30. The average Bonchev–Trinajstić information content (AvgIpc) is 2.91. The summed E-state index contributed by atoms with van der Waals surface area (Å²) in [6, 6.07) is 12.1. The molecule has 204 valence electrons. The van der Waals surface area contributed by atoms with Crippen molar-refractivity contribution >= 4 is 17.6 Å². The van der Waals surface area contributed by atoms with Gasteiger partial charge in [-0.3, -0.25) is 14.6 Å².